The summed E-state index contributed by atoms with van der Waals surface area (Å²) >= 11 is 0. The van der Waals surface area contributed by atoms with E-state index in [2.05, 4.69) is 14.9 Å². The number of ether oxygens (including phenoxy) is 2. The molecule has 2 heterocycles. The number of H-pyrrole nitrogens is 1. The highest BCUT2D eigenvalue weighted by atomic mass is 16.5. The number of aryl methyl sites for hydroxylation is 1. The normalized spacial score (nSPS) is 10.5. The van der Waals surface area contributed by atoms with Crippen LogP contribution >= 0.6 is 0 Å². The lowest BCUT2D eigenvalue weighted by Gasteiger charge is -2.03. The molecule has 3 rings (SSSR count). The Bertz CT molecular complexity index is 921. The predicted octanol–water partition coefficient (Wildman–Crippen LogP) is 3.00. The van der Waals surface area contributed by atoms with Gasteiger partial charge in [-0.05, 0) is 37.3 Å². The maximum Gasteiger partial charge on any atom is 0.354 e. The maximum absolute atomic E-state index is 12.9. The fourth-order valence-electron chi connectivity index (χ4n) is 2.48. The first-order chi connectivity index (χ1) is 12.0. The Morgan fingerprint density at radius 1 is 1.16 bits per heavy atom. The Balaban J connectivity index is 1.99. The third kappa shape index (κ3) is 3.03. The second-order valence-corrected chi connectivity index (χ2v) is 5.31. The third-order valence-electron chi connectivity index (χ3n) is 3.80. The SMILES string of the molecule is COC(=O)c1cc(C(=O)c2c(-c3ccc(OC)cc3)noc2C)c[nH]1. The highest BCUT2D eigenvalue weighted by Crippen LogP contribution is 2.29. The molecular weight excluding hydrogens is 324 g/mol. The molecular formula is C18H16N2O5. The Morgan fingerprint density at radius 2 is 1.88 bits per heavy atom. The van der Waals surface area contributed by atoms with Crippen LogP contribution in [0, 0.1) is 6.92 Å². The number of esters is 1. The zero-order valence-electron chi connectivity index (χ0n) is 14.0. The van der Waals surface area contributed by atoms with Crippen LogP contribution in [-0.2, 0) is 4.74 Å². The first-order valence-corrected chi connectivity index (χ1v) is 7.47. The summed E-state index contributed by atoms with van der Waals surface area (Å²) in [5.41, 5.74) is 2.03. The second kappa shape index (κ2) is 6.64. The zero-order valence-corrected chi connectivity index (χ0v) is 14.0. The van der Waals surface area contributed by atoms with Gasteiger partial charge in [0.2, 0.25) is 0 Å². The summed E-state index contributed by atoms with van der Waals surface area (Å²) in [6.07, 6.45) is 1.46. The molecule has 1 N–H and O–H groups in total. The van der Waals surface area contributed by atoms with Gasteiger partial charge >= 0.3 is 5.97 Å². The summed E-state index contributed by atoms with van der Waals surface area (Å²) in [4.78, 5) is 27.1. The molecule has 1 aromatic carbocycles. The number of carbonyl (C=O) groups excluding carboxylic acids is 2. The fourth-order valence-corrected chi connectivity index (χ4v) is 2.48. The average molecular weight is 340 g/mol. The first kappa shape index (κ1) is 16.5. The standard InChI is InChI=1S/C18H16N2O5/c1-10-15(17(21)12-8-14(19-9-12)18(22)24-3)16(20-25-10)11-4-6-13(23-2)7-5-11/h4-9,19H,1-3H3. The molecule has 0 fully saturated rings. The molecule has 0 saturated heterocycles. The smallest absolute Gasteiger partial charge is 0.354 e. The van der Waals surface area contributed by atoms with Crippen LogP contribution in [0.15, 0.2) is 41.1 Å². The van der Waals surface area contributed by atoms with Crippen LogP contribution < -0.4 is 4.74 Å². The summed E-state index contributed by atoms with van der Waals surface area (Å²) in [6.45, 7) is 1.67. The van der Waals surface area contributed by atoms with Crippen LogP contribution in [0.1, 0.15) is 32.2 Å². The molecule has 3 aromatic rings. The van der Waals surface area contributed by atoms with E-state index in [1.54, 1.807) is 38.3 Å². The highest BCUT2D eigenvalue weighted by Gasteiger charge is 2.24. The van der Waals surface area contributed by atoms with Crippen molar-refractivity contribution in [3.05, 3.63) is 59.1 Å². The molecule has 0 saturated carbocycles. The van der Waals surface area contributed by atoms with E-state index in [1.165, 1.54) is 19.4 Å². The van der Waals surface area contributed by atoms with Gasteiger partial charge in [-0.2, -0.15) is 0 Å². The van der Waals surface area contributed by atoms with Crippen LogP contribution in [-0.4, -0.2) is 36.1 Å². The van der Waals surface area contributed by atoms with Gasteiger partial charge in [-0.15, -0.1) is 0 Å². The lowest BCUT2D eigenvalue weighted by molar-refractivity contribution is 0.0595. The van der Waals surface area contributed by atoms with E-state index in [0.29, 0.717) is 28.3 Å². The van der Waals surface area contributed by atoms with Crippen molar-refractivity contribution in [3.8, 4) is 17.0 Å². The molecule has 128 valence electrons. The van der Waals surface area contributed by atoms with Crippen molar-refractivity contribution >= 4 is 11.8 Å². The molecule has 7 nitrogen and oxygen atoms in total. The van der Waals surface area contributed by atoms with Crippen molar-refractivity contribution < 1.29 is 23.6 Å². The van der Waals surface area contributed by atoms with Crippen molar-refractivity contribution in [2.75, 3.05) is 14.2 Å². The molecule has 0 aliphatic rings. The molecule has 0 spiro atoms. The summed E-state index contributed by atoms with van der Waals surface area (Å²) in [5.74, 6) is 0.259. The van der Waals surface area contributed by atoms with Gasteiger partial charge in [0, 0.05) is 17.3 Å². The van der Waals surface area contributed by atoms with Crippen molar-refractivity contribution in [2.24, 2.45) is 0 Å². The Labute approximate surface area is 143 Å². The van der Waals surface area contributed by atoms with Crippen LogP contribution in [0.4, 0.5) is 0 Å². The number of aromatic amines is 1. The molecule has 0 radical (unpaired) electrons. The molecule has 0 atom stereocenters. The highest BCUT2D eigenvalue weighted by molar-refractivity contribution is 6.13. The lowest BCUT2D eigenvalue weighted by Crippen LogP contribution is -2.03. The minimum Gasteiger partial charge on any atom is -0.497 e. The van der Waals surface area contributed by atoms with Gasteiger partial charge in [-0.1, -0.05) is 5.16 Å². The number of nitrogens with one attached hydrogen (secondary N) is 1. The number of rotatable bonds is 5. The van der Waals surface area contributed by atoms with Crippen molar-refractivity contribution in [1.82, 2.24) is 10.1 Å². The number of carbonyl (C=O) groups is 2. The van der Waals surface area contributed by atoms with Crippen LogP contribution in [0.5, 0.6) is 5.75 Å². The van der Waals surface area contributed by atoms with Gasteiger partial charge in [-0.3, -0.25) is 4.79 Å². The van der Waals surface area contributed by atoms with Crippen molar-refractivity contribution in [3.63, 3.8) is 0 Å². The van der Waals surface area contributed by atoms with Gasteiger partial charge in [0.25, 0.3) is 0 Å². The largest absolute Gasteiger partial charge is 0.497 e. The third-order valence-corrected chi connectivity index (χ3v) is 3.80. The monoisotopic (exact) mass is 340 g/mol. The van der Waals surface area contributed by atoms with E-state index in [-0.39, 0.29) is 11.5 Å². The van der Waals surface area contributed by atoms with Gasteiger partial charge < -0.3 is 19.0 Å². The van der Waals surface area contributed by atoms with Crippen LogP contribution in [0.25, 0.3) is 11.3 Å². The fraction of sp³-hybridized carbons (Fsp3) is 0.167. The molecule has 7 heteroatoms. The molecule has 0 aliphatic heterocycles. The minimum absolute atomic E-state index is 0.200. The van der Waals surface area contributed by atoms with Crippen molar-refractivity contribution in [1.29, 1.82) is 0 Å². The number of ketones is 1. The zero-order chi connectivity index (χ0) is 18.0. The van der Waals surface area contributed by atoms with E-state index in [0.717, 1.165) is 5.56 Å². The van der Waals surface area contributed by atoms with Crippen molar-refractivity contribution in [2.45, 2.75) is 6.92 Å². The van der Waals surface area contributed by atoms with Gasteiger partial charge in [0.1, 0.15) is 22.9 Å². The number of benzene rings is 1. The molecule has 0 bridgehead atoms. The number of hydrogen-bond acceptors (Lipinski definition) is 6. The first-order valence-electron chi connectivity index (χ1n) is 7.47. The Morgan fingerprint density at radius 3 is 2.52 bits per heavy atom. The lowest BCUT2D eigenvalue weighted by atomic mass is 9.99. The van der Waals surface area contributed by atoms with E-state index in [1.807, 2.05) is 0 Å². The topological polar surface area (TPSA) is 94.4 Å². The van der Waals surface area contributed by atoms with Crippen LogP contribution in [0.2, 0.25) is 0 Å². The van der Waals surface area contributed by atoms with Crippen LogP contribution in [0.3, 0.4) is 0 Å². The second-order valence-electron chi connectivity index (χ2n) is 5.31. The summed E-state index contributed by atoms with van der Waals surface area (Å²) in [7, 11) is 2.85. The maximum atomic E-state index is 12.9. The summed E-state index contributed by atoms with van der Waals surface area (Å²) in [6, 6.07) is 8.59. The van der Waals surface area contributed by atoms with E-state index in [4.69, 9.17) is 9.26 Å². The molecule has 0 aliphatic carbocycles. The van der Waals surface area contributed by atoms with Gasteiger partial charge in [-0.25, -0.2) is 4.79 Å². The molecule has 25 heavy (non-hydrogen) atoms. The summed E-state index contributed by atoms with van der Waals surface area (Å²) in [5, 5.41) is 4.01. The Kier molecular flexibility index (Phi) is 4.38. The van der Waals surface area contributed by atoms with Gasteiger partial charge in [0.05, 0.1) is 19.8 Å². The Hall–Kier alpha value is -3.35. The molecule has 0 unspecified atom stereocenters. The summed E-state index contributed by atoms with van der Waals surface area (Å²) < 4.78 is 15.0. The average Bonchev–Trinajstić information content (AvgIpc) is 3.28. The minimum atomic E-state index is -0.545. The molecule has 0 amide bonds. The predicted molar refractivity (Wildman–Crippen MR) is 88.8 cm³/mol. The molecule has 2 aromatic heterocycles. The number of aromatic nitrogens is 2. The van der Waals surface area contributed by atoms with E-state index >= 15 is 0 Å². The number of nitrogens with zero attached hydrogens (tertiary/aromatic N) is 1. The van der Waals surface area contributed by atoms with E-state index < -0.39 is 5.97 Å². The van der Waals surface area contributed by atoms with Gasteiger partial charge in [0.15, 0.2) is 5.78 Å². The quantitative estimate of drug-likeness (QED) is 0.567. The van der Waals surface area contributed by atoms with E-state index in [9.17, 15) is 9.59 Å². The number of hydrogen-bond donors (Lipinski definition) is 1. The number of methoxy groups -OCH3 is 2.